The third-order valence-corrected chi connectivity index (χ3v) is 18.1. The molecule has 518 valence electrons. The first-order chi connectivity index (χ1) is 49.4. The van der Waals surface area contributed by atoms with E-state index in [1.165, 1.54) is 12.4 Å². The lowest BCUT2D eigenvalue weighted by atomic mass is 9.98. The van der Waals surface area contributed by atoms with Crippen LogP contribution in [0.3, 0.4) is 0 Å². The van der Waals surface area contributed by atoms with Gasteiger partial charge in [-0.2, -0.15) is 31.1 Å². The molecule has 5 aliphatic heterocycles. The lowest BCUT2D eigenvalue weighted by molar-refractivity contribution is -0.126. The zero-order valence-corrected chi connectivity index (χ0v) is 56.4. The molecule has 102 heavy (non-hydrogen) atoms. The molecule has 5 saturated heterocycles. The van der Waals surface area contributed by atoms with Gasteiger partial charge in [0.1, 0.15) is 72.7 Å². The monoisotopic (exact) mass is 1380 g/mol. The van der Waals surface area contributed by atoms with E-state index < -0.39 is 11.3 Å². The largest absolute Gasteiger partial charge is 0.491 e. The number of terminal acetylenes is 3. The van der Waals surface area contributed by atoms with E-state index >= 15 is 0 Å². The Hall–Kier alpha value is -12.4. The minimum atomic E-state index is -1.38. The number of alkyl halides is 2. The number of likely N-dealkylation sites (N-methyl/N-ethyl adjacent to an activating group) is 1. The summed E-state index contributed by atoms with van der Waals surface area (Å²) in [5, 5.41) is 44.5. The Bertz CT molecular complexity index is 4850. The lowest BCUT2D eigenvalue weighted by Gasteiger charge is -2.41. The van der Waals surface area contributed by atoms with Crippen molar-refractivity contribution in [1.29, 1.82) is 15.8 Å². The fourth-order valence-electron chi connectivity index (χ4n) is 12.6. The van der Waals surface area contributed by atoms with Crippen LogP contribution in [-0.2, 0) is 14.4 Å². The minimum Gasteiger partial charge on any atom is -0.491 e. The van der Waals surface area contributed by atoms with Gasteiger partial charge in [0, 0.05) is 163 Å². The van der Waals surface area contributed by atoms with Crippen LogP contribution in [0.1, 0.15) is 16.7 Å². The number of pyridine rings is 6. The molecule has 3 amide bonds. The lowest BCUT2D eigenvalue weighted by Crippen LogP contribution is -2.60. The SMILES string of the molecule is C#CC(=O)N1CCN(c2ccc(-c3cc(OCC4(F)CN(C)C4)cn4ncc(C#N)c34)cn2)CC1.C#CC(=O)N1CCN(c2ccc(-c3cc(OCC4(F)CNC4)cn4ncc(C#N)c34)cn2)CC1.C#CC(=O)N1CCN(c2ccc(-c3cc(OCCN(C)C)cn4ncc(C#N)c34)cn2)CC1. The number of hydrogen-bond acceptors (Lipinski definition) is 21. The molecule has 5 fully saturated rings. The molecule has 0 unspecified atom stereocenters. The van der Waals surface area contributed by atoms with Gasteiger partial charge in [0.15, 0.2) is 11.3 Å². The molecule has 0 bridgehead atoms. The number of amides is 3. The van der Waals surface area contributed by atoms with Crippen LogP contribution in [0.25, 0.3) is 49.9 Å². The second kappa shape index (κ2) is 30.4. The van der Waals surface area contributed by atoms with Crippen molar-refractivity contribution in [1.82, 2.24) is 73.6 Å². The second-order valence-corrected chi connectivity index (χ2v) is 25.5. The van der Waals surface area contributed by atoms with Gasteiger partial charge in [-0.1, -0.05) is 0 Å². The molecule has 0 spiro atoms. The number of piperazine rings is 3. The van der Waals surface area contributed by atoms with E-state index in [4.69, 9.17) is 33.5 Å². The number of halogens is 2. The highest BCUT2D eigenvalue weighted by molar-refractivity contribution is 5.94. The van der Waals surface area contributed by atoms with Crippen LogP contribution in [0, 0.1) is 71.0 Å². The van der Waals surface area contributed by atoms with Crippen molar-refractivity contribution < 1.29 is 37.4 Å². The summed E-state index contributed by atoms with van der Waals surface area (Å²) in [6, 6.07) is 23.6. The van der Waals surface area contributed by atoms with Gasteiger partial charge in [0.25, 0.3) is 17.7 Å². The Balaban J connectivity index is 0.000000145. The maximum Gasteiger partial charge on any atom is 0.298 e. The number of nitrogens with zero attached hydrogens (tertiary/aromatic N) is 20. The van der Waals surface area contributed by atoms with Crippen LogP contribution in [0.4, 0.5) is 26.2 Å². The molecule has 0 saturated carbocycles. The van der Waals surface area contributed by atoms with E-state index in [2.05, 4.69) is 86.2 Å². The zero-order valence-electron chi connectivity index (χ0n) is 56.4. The van der Waals surface area contributed by atoms with Gasteiger partial charge in [-0.25, -0.2) is 37.3 Å². The van der Waals surface area contributed by atoms with Gasteiger partial charge in [-0.15, -0.1) is 19.3 Å². The predicted octanol–water partition coefficient (Wildman–Crippen LogP) is 4.31. The number of nitriles is 3. The van der Waals surface area contributed by atoms with Gasteiger partial charge in [-0.05, 0) is 93.5 Å². The number of likely N-dealkylation sites (tertiary alicyclic amines) is 1. The molecule has 1 N–H and O–H groups in total. The highest BCUT2D eigenvalue weighted by atomic mass is 19.1. The van der Waals surface area contributed by atoms with Gasteiger partial charge in [0.05, 0.1) is 70.4 Å². The van der Waals surface area contributed by atoms with E-state index in [1.54, 1.807) is 83.8 Å². The molecule has 14 rings (SSSR count). The van der Waals surface area contributed by atoms with Crippen molar-refractivity contribution in [2.75, 3.05) is 167 Å². The first-order valence-electron chi connectivity index (χ1n) is 32.8. The number of fused-ring (bicyclic) bond motifs is 3. The Morgan fingerprint density at radius 1 is 0.510 bits per heavy atom. The first kappa shape index (κ1) is 69.5. The molecule has 14 heterocycles. The number of nitrogens with one attached hydrogen (secondary N) is 1. The number of carbonyl (C=O) groups is 3. The van der Waals surface area contributed by atoms with Gasteiger partial charge < -0.3 is 53.8 Å². The number of ether oxygens (including phenoxy) is 3. The topological polar surface area (TPSA) is 279 Å². The van der Waals surface area contributed by atoms with Gasteiger partial charge >= 0.3 is 0 Å². The highest BCUT2D eigenvalue weighted by Gasteiger charge is 2.43. The molecule has 9 aromatic heterocycles. The van der Waals surface area contributed by atoms with Gasteiger partial charge in [-0.3, -0.25) is 19.3 Å². The highest BCUT2D eigenvalue weighted by Crippen LogP contribution is 2.36. The van der Waals surface area contributed by atoms with Crippen LogP contribution in [0.5, 0.6) is 17.2 Å². The molecule has 9 aromatic rings. The maximum absolute atomic E-state index is 14.7. The van der Waals surface area contributed by atoms with E-state index in [9.17, 15) is 39.0 Å². The van der Waals surface area contributed by atoms with Crippen molar-refractivity contribution in [3.05, 3.63) is 127 Å². The molecule has 0 aliphatic carbocycles. The summed E-state index contributed by atoms with van der Waals surface area (Å²) in [6.07, 6.45) is 30.5. The van der Waals surface area contributed by atoms with Crippen LogP contribution < -0.4 is 34.2 Å². The van der Waals surface area contributed by atoms with Crippen molar-refractivity contribution in [2.45, 2.75) is 11.3 Å². The van der Waals surface area contributed by atoms with Crippen molar-refractivity contribution in [2.24, 2.45) is 0 Å². The van der Waals surface area contributed by atoms with E-state index in [0.717, 1.165) is 57.4 Å². The molecular weight excluding hydrogens is 1300 g/mol. The zero-order chi connectivity index (χ0) is 71.7. The normalized spacial score (nSPS) is 16.1. The maximum atomic E-state index is 14.7. The molecule has 29 heteroatoms. The molecule has 0 radical (unpaired) electrons. The van der Waals surface area contributed by atoms with Crippen LogP contribution in [0.15, 0.2) is 110 Å². The standard InChI is InChI=1S/C25H24FN7O2.C24H22FN7O2.C24H25N7O2/c1-3-23(34)32-8-6-31(7-9-32)22-5-4-18(12-28-22)21-10-20(35-17-25(26)15-30(2)16-25)14-33-24(21)19(11-27)13-29-33;1-2-22(33)31-7-5-30(6-8-31)21-4-3-17(11-28-21)20-9-19(34-16-24(25)14-27-15-24)13-32-23(20)18(10-26)12-29-32;1-4-23(32)30-9-7-29(8-10-30)22-6-5-18(15-26-22)21-13-20(33-12-11-28(2)3)17-31-24(21)19(14-25)16-27-31/h1,4-5,10,12-14H,6-9,15-17H2,2H3;1,3-4,9,11-13,27H,5-8,14-16H2;1,5-6,13,15-17H,7-12H2,2-3H3. The quantitative estimate of drug-likeness (QED) is 0.132. The minimum absolute atomic E-state index is 0.0555. The van der Waals surface area contributed by atoms with Crippen molar-refractivity contribution in [3.8, 4) is 106 Å². The van der Waals surface area contributed by atoms with Crippen molar-refractivity contribution >= 4 is 51.7 Å². The van der Waals surface area contributed by atoms with E-state index in [1.807, 2.05) is 73.4 Å². The summed E-state index contributed by atoms with van der Waals surface area (Å²) in [7, 11) is 5.85. The molecule has 0 aromatic carbocycles. The Labute approximate surface area is 587 Å². The Morgan fingerprint density at radius 3 is 1.12 bits per heavy atom. The number of rotatable bonds is 16. The third-order valence-electron chi connectivity index (χ3n) is 18.1. The average Bonchev–Trinajstić information content (AvgIpc) is 1.56. The summed E-state index contributed by atoms with van der Waals surface area (Å²) in [4.78, 5) is 64.2. The fraction of sp³-hybridized carbons (Fsp3) is 0.342. The number of carbonyl (C=O) groups excluding carboxylic acids is 3. The smallest absolute Gasteiger partial charge is 0.298 e. The number of anilines is 3. The second-order valence-electron chi connectivity index (χ2n) is 25.5. The van der Waals surface area contributed by atoms with Gasteiger partial charge in [0.2, 0.25) is 0 Å². The van der Waals surface area contributed by atoms with Crippen LogP contribution >= 0.6 is 0 Å². The van der Waals surface area contributed by atoms with Crippen LogP contribution in [-0.4, -0.2) is 250 Å². The van der Waals surface area contributed by atoms with E-state index in [0.29, 0.717) is 149 Å². The Kier molecular flexibility index (Phi) is 20.7. The summed E-state index contributed by atoms with van der Waals surface area (Å²) < 4.78 is 51.4. The summed E-state index contributed by atoms with van der Waals surface area (Å²) >= 11 is 0. The van der Waals surface area contributed by atoms with E-state index in [-0.39, 0.29) is 44.0 Å². The number of aromatic nitrogens is 9. The summed E-state index contributed by atoms with van der Waals surface area (Å²) in [5.41, 5.74) is 5.25. The molecule has 5 aliphatic rings. The predicted molar refractivity (Wildman–Crippen MR) is 375 cm³/mol. The first-order valence-corrected chi connectivity index (χ1v) is 32.8. The summed E-state index contributed by atoms with van der Waals surface area (Å²) in [5.74, 6) is 9.60. The molecule has 27 nitrogen and oxygen atoms in total. The number of hydrogen-bond donors (Lipinski definition) is 1. The third kappa shape index (κ3) is 15.4. The fourth-order valence-corrected chi connectivity index (χ4v) is 12.6. The molecule has 0 atom stereocenters. The molecular formula is C73H71F2N21O6. The van der Waals surface area contributed by atoms with Crippen molar-refractivity contribution in [3.63, 3.8) is 0 Å². The summed E-state index contributed by atoms with van der Waals surface area (Å²) in [6.45, 7) is 9.56. The Morgan fingerprint density at radius 2 is 0.843 bits per heavy atom. The average molecular weight is 1380 g/mol. The van der Waals surface area contributed by atoms with Crippen LogP contribution in [0.2, 0.25) is 0 Å².